The minimum absolute atomic E-state index is 0.401. The van der Waals surface area contributed by atoms with Gasteiger partial charge in [-0.3, -0.25) is 10.6 Å². The largest absolute Gasteiger partial charge is 0.351 e. The van der Waals surface area contributed by atoms with Gasteiger partial charge < -0.3 is 31.2 Å². The number of benzene rings is 9. The average molecular weight is 1180 g/mol. The van der Waals surface area contributed by atoms with Crippen molar-refractivity contribution in [1.82, 2.24) is 30.4 Å². The summed E-state index contributed by atoms with van der Waals surface area (Å²) in [5.41, 5.74) is 19.2. The van der Waals surface area contributed by atoms with Crippen LogP contribution in [0.4, 0.5) is 19.2 Å². The maximum atomic E-state index is 13.0. The summed E-state index contributed by atoms with van der Waals surface area (Å²) < 4.78 is 4.65. The summed E-state index contributed by atoms with van der Waals surface area (Å²) >= 11 is 0. The van der Waals surface area contributed by atoms with Gasteiger partial charge in [-0.1, -0.05) is 202 Å². The molecule has 9 aromatic carbocycles. The van der Waals surface area contributed by atoms with Crippen molar-refractivity contribution in [2.75, 3.05) is 13.1 Å². The fraction of sp³-hybridized carbons (Fsp3) is 0.368. The SMILES string of the molecule is CCCCCCc1ccc2c(c1)c1cc(CCCCCC)ccc1n2CCNC(=O)NC(=O)NCCn1c2ccc(CCCCCC)cc2c2cc(CCCCCC)ccc21.NC(=O)NC(N)=O.c1cc2cccc3c4cccc5cccc(c(c1)c23)c54. The summed E-state index contributed by atoms with van der Waals surface area (Å²) in [6, 6.07) is 51.3. The van der Waals surface area contributed by atoms with Crippen LogP contribution in [-0.2, 0) is 38.8 Å². The Kier molecular flexibility index (Phi) is 23.1. The maximum Gasteiger partial charge on any atom is 0.322 e. The summed E-state index contributed by atoms with van der Waals surface area (Å²) in [4.78, 5) is 45.3. The Morgan fingerprint density at radius 3 is 0.875 bits per heavy atom. The number of carbonyl (C=O) groups is 4. The van der Waals surface area contributed by atoms with Crippen LogP contribution >= 0.6 is 0 Å². The molecular formula is C76H92N8O4. The molecule has 2 aromatic heterocycles. The summed E-state index contributed by atoms with van der Waals surface area (Å²) in [7, 11) is 0. The molecule has 0 aliphatic heterocycles. The van der Waals surface area contributed by atoms with Crippen LogP contribution in [0.3, 0.4) is 0 Å². The monoisotopic (exact) mass is 1180 g/mol. The predicted octanol–water partition coefficient (Wildman–Crippen LogP) is 18.6. The number of carbonyl (C=O) groups excluding carboxylic acids is 4. The highest BCUT2D eigenvalue weighted by atomic mass is 16.2. The van der Waals surface area contributed by atoms with Gasteiger partial charge in [-0.15, -0.1) is 0 Å². The predicted molar refractivity (Wildman–Crippen MR) is 370 cm³/mol. The van der Waals surface area contributed by atoms with Gasteiger partial charge in [-0.05, 0) is 165 Å². The first-order valence-electron chi connectivity index (χ1n) is 32.8. The molecule has 0 fully saturated rings. The number of aromatic nitrogens is 2. The fourth-order valence-corrected chi connectivity index (χ4v) is 13.0. The van der Waals surface area contributed by atoms with Gasteiger partial charge >= 0.3 is 24.1 Å². The molecule has 11 rings (SSSR count). The molecule has 460 valence electrons. The van der Waals surface area contributed by atoms with Crippen molar-refractivity contribution in [3.63, 3.8) is 0 Å². The maximum absolute atomic E-state index is 13.0. The number of nitrogens with zero attached hydrogens (tertiary/aromatic N) is 2. The van der Waals surface area contributed by atoms with Gasteiger partial charge in [0.2, 0.25) is 0 Å². The Hall–Kier alpha value is -8.64. The quantitative estimate of drug-likeness (QED) is 0.0180. The van der Waals surface area contributed by atoms with Crippen LogP contribution < -0.4 is 32.7 Å². The second-order valence-corrected chi connectivity index (χ2v) is 23.9. The Labute approximate surface area is 519 Å². The van der Waals surface area contributed by atoms with Crippen LogP contribution in [-0.4, -0.2) is 46.3 Å². The molecular weight excluding hydrogens is 1090 g/mol. The Morgan fingerprint density at radius 2 is 0.625 bits per heavy atom. The van der Waals surface area contributed by atoms with Gasteiger partial charge in [0.1, 0.15) is 0 Å². The number of imide groups is 2. The third-order valence-corrected chi connectivity index (χ3v) is 17.4. The number of aryl methyl sites for hydroxylation is 4. The summed E-state index contributed by atoms with van der Waals surface area (Å²) in [6.45, 7) is 11.1. The number of nitrogens with one attached hydrogen (secondary N) is 4. The van der Waals surface area contributed by atoms with Gasteiger partial charge in [0, 0.05) is 69.8 Å². The van der Waals surface area contributed by atoms with Crippen LogP contribution in [0.15, 0.2) is 146 Å². The van der Waals surface area contributed by atoms with E-state index in [1.165, 1.54) is 212 Å². The second-order valence-electron chi connectivity index (χ2n) is 23.9. The zero-order chi connectivity index (χ0) is 61.8. The van der Waals surface area contributed by atoms with Crippen molar-refractivity contribution >= 4 is 111 Å². The number of rotatable bonds is 26. The number of unbranched alkanes of at least 4 members (excludes halogenated alkanes) is 12. The van der Waals surface area contributed by atoms with Crippen molar-refractivity contribution in [3.8, 4) is 0 Å². The highest BCUT2D eigenvalue weighted by Gasteiger charge is 2.17. The normalized spacial score (nSPS) is 11.4. The first-order valence-corrected chi connectivity index (χ1v) is 32.8. The van der Waals surface area contributed by atoms with Gasteiger partial charge in [-0.2, -0.15) is 0 Å². The van der Waals surface area contributed by atoms with Crippen molar-refractivity contribution in [3.05, 3.63) is 168 Å². The van der Waals surface area contributed by atoms with E-state index in [4.69, 9.17) is 0 Å². The van der Waals surface area contributed by atoms with Crippen LogP contribution in [0.25, 0.3) is 86.7 Å². The van der Waals surface area contributed by atoms with Crippen molar-refractivity contribution in [2.45, 2.75) is 169 Å². The number of urea groups is 4. The Balaban J connectivity index is 0.000000276. The average Bonchev–Trinajstić information content (AvgIpc) is 0.895. The molecule has 0 aliphatic carbocycles. The molecule has 2 heterocycles. The van der Waals surface area contributed by atoms with Crippen molar-refractivity contribution in [1.29, 1.82) is 0 Å². The standard InChI is InChI=1S/C54H75N5O2.C20H12.C2H5N3O2/c1-5-9-13-17-21-41-25-29-49-45(37-41)46-38-42(22-18-14-10-6-2)26-30-50(46)58(49)35-33-55-53(60)57-54(61)56-34-36-59-51-31-27-43(23-19-15-11-7-3)39-47(51)48-40-44(28-32-52(48)59)24-20-16-12-8-4;1-5-13-6-2-11-17-18-12-4-8-14-7-3-10-16(20(14)18)15(9-1)19(13)17;3-1(6)5-2(4)7/h25-32,37-40H,5-24,33-36H2,1-4H3,(H3,55,56,57,60,61);1-12H;(H5,3,4,5,6,7). The topological polar surface area (TPSA) is 178 Å². The minimum atomic E-state index is -0.938. The molecule has 0 unspecified atom stereocenters. The summed E-state index contributed by atoms with van der Waals surface area (Å²) in [6.07, 6.45) is 24.5. The van der Waals surface area contributed by atoms with Gasteiger partial charge in [-0.25, -0.2) is 19.2 Å². The Morgan fingerprint density at radius 1 is 0.341 bits per heavy atom. The molecule has 0 atom stereocenters. The number of nitrogens with two attached hydrogens (primary N) is 2. The van der Waals surface area contributed by atoms with E-state index in [0.29, 0.717) is 26.2 Å². The van der Waals surface area contributed by atoms with E-state index in [0.717, 1.165) is 25.7 Å². The van der Waals surface area contributed by atoms with E-state index in [9.17, 15) is 19.2 Å². The molecule has 0 radical (unpaired) electrons. The molecule has 0 spiro atoms. The Bertz CT molecular complexity index is 3660. The summed E-state index contributed by atoms with van der Waals surface area (Å²) in [5, 5.41) is 26.0. The van der Waals surface area contributed by atoms with Crippen molar-refractivity contribution in [2.24, 2.45) is 11.5 Å². The number of hydrogen-bond donors (Lipinski definition) is 6. The van der Waals surface area contributed by atoms with Gasteiger partial charge in [0.05, 0.1) is 0 Å². The zero-order valence-electron chi connectivity index (χ0n) is 52.5. The van der Waals surface area contributed by atoms with Gasteiger partial charge in [0.25, 0.3) is 0 Å². The molecule has 8 N–H and O–H groups in total. The van der Waals surface area contributed by atoms with Crippen LogP contribution in [0.5, 0.6) is 0 Å². The molecule has 0 saturated carbocycles. The zero-order valence-corrected chi connectivity index (χ0v) is 52.5. The van der Waals surface area contributed by atoms with E-state index >= 15 is 0 Å². The lowest BCUT2D eigenvalue weighted by Gasteiger charge is -2.13. The lowest BCUT2D eigenvalue weighted by Crippen LogP contribution is -2.46. The smallest absolute Gasteiger partial charge is 0.322 e. The highest BCUT2D eigenvalue weighted by molar-refractivity contribution is 6.32. The molecule has 8 amide bonds. The van der Waals surface area contributed by atoms with Crippen LogP contribution in [0.1, 0.15) is 153 Å². The van der Waals surface area contributed by atoms with E-state index in [-0.39, 0.29) is 0 Å². The van der Waals surface area contributed by atoms with E-state index in [1.54, 1.807) is 5.32 Å². The third kappa shape index (κ3) is 16.1. The number of amides is 8. The number of primary amides is 2. The first-order chi connectivity index (χ1) is 43.0. The van der Waals surface area contributed by atoms with Crippen LogP contribution in [0, 0.1) is 0 Å². The van der Waals surface area contributed by atoms with E-state index < -0.39 is 24.1 Å². The molecule has 11 aromatic rings. The molecule has 0 aliphatic rings. The molecule has 0 saturated heterocycles. The second kappa shape index (κ2) is 31.8. The molecule has 88 heavy (non-hydrogen) atoms. The molecule has 12 nitrogen and oxygen atoms in total. The minimum Gasteiger partial charge on any atom is -0.351 e. The van der Waals surface area contributed by atoms with Gasteiger partial charge in [0.15, 0.2) is 0 Å². The number of fused-ring (bicyclic) bond motifs is 8. The fourth-order valence-electron chi connectivity index (χ4n) is 13.0. The molecule has 0 bridgehead atoms. The number of hydrogen-bond acceptors (Lipinski definition) is 4. The first kappa shape index (κ1) is 63.9. The van der Waals surface area contributed by atoms with Crippen molar-refractivity contribution < 1.29 is 19.2 Å². The van der Waals surface area contributed by atoms with E-state index in [2.05, 4.69) is 210 Å². The third-order valence-electron chi connectivity index (χ3n) is 17.4. The highest BCUT2D eigenvalue weighted by Crippen LogP contribution is 2.40. The lowest BCUT2D eigenvalue weighted by molar-refractivity contribution is 0.226. The van der Waals surface area contributed by atoms with E-state index in [1.807, 2.05) is 0 Å². The van der Waals surface area contributed by atoms with Crippen LogP contribution in [0.2, 0.25) is 0 Å². The lowest BCUT2D eigenvalue weighted by atomic mass is 9.90. The summed E-state index contributed by atoms with van der Waals surface area (Å²) in [5.74, 6) is 0. The molecule has 12 heteroatoms.